The topological polar surface area (TPSA) is 20.3 Å². The first-order valence-corrected chi connectivity index (χ1v) is 6.45. The van der Waals surface area contributed by atoms with Gasteiger partial charge in [-0.1, -0.05) is 31.4 Å². The summed E-state index contributed by atoms with van der Waals surface area (Å²) in [7, 11) is 2.05. The van der Waals surface area contributed by atoms with Gasteiger partial charge in [0.25, 0.3) is 0 Å². The van der Waals surface area contributed by atoms with E-state index in [-0.39, 0.29) is 5.78 Å². The van der Waals surface area contributed by atoms with Gasteiger partial charge < -0.3 is 4.90 Å². The summed E-state index contributed by atoms with van der Waals surface area (Å²) < 4.78 is 0. The van der Waals surface area contributed by atoms with Crippen molar-refractivity contribution in [2.75, 3.05) is 18.5 Å². The van der Waals surface area contributed by atoms with E-state index in [9.17, 15) is 4.79 Å². The van der Waals surface area contributed by atoms with E-state index in [1.54, 1.807) is 6.07 Å². The molecule has 1 aromatic rings. The monoisotopic (exact) mass is 253 g/mol. The minimum absolute atomic E-state index is 0.00943. The third kappa shape index (κ3) is 4.04. The standard InChI is InChI=1S/C14H20ClNO/c1-4-5-6-9-16(3)12-7-8-13(11(2)17)14(15)10-12/h7-8,10H,4-6,9H2,1-3H3. The molecule has 17 heavy (non-hydrogen) atoms. The molecule has 0 amide bonds. The summed E-state index contributed by atoms with van der Waals surface area (Å²) in [6, 6.07) is 5.62. The molecule has 0 aliphatic heterocycles. The largest absolute Gasteiger partial charge is 0.375 e. The number of carbonyl (C=O) groups is 1. The van der Waals surface area contributed by atoms with Gasteiger partial charge in [-0.25, -0.2) is 0 Å². The van der Waals surface area contributed by atoms with Crippen LogP contribution < -0.4 is 4.90 Å². The SMILES string of the molecule is CCCCCN(C)c1ccc(C(C)=O)c(Cl)c1. The Morgan fingerprint density at radius 2 is 2.06 bits per heavy atom. The molecule has 94 valence electrons. The normalized spacial score (nSPS) is 10.4. The van der Waals surface area contributed by atoms with Crippen LogP contribution in [0, 0.1) is 0 Å². The van der Waals surface area contributed by atoms with Crippen LogP contribution >= 0.6 is 11.6 Å². The first kappa shape index (κ1) is 14.0. The summed E-state index contributed by atoms with van der Waals surface area (Å²) in [5.74, 6) is 0.00943. The molecule has 0 saturated carbocycles. The highest BCUT2D eigenvalue weighted by atomic mass is 35.5. The third-order valence-electron chi connectivity index (χ3n) is 2.87. The molecule has 0 atom stereocenters. The van der Waals surface area contributed by atoms with E-state index in [1.807, 2.05) is 12.1 Å². The maximum absolute atomic E-state index is 11.3. The predicted molar refractivity (Wildman–Crippen MR) is 74.3 cm³/mol. The van der Waals surface area contributed by atoms with Crippen LogP contribution in [0.5, 0.6) is 0 Å². The Balaban J connectivity index is 2.72. The van der Waals surface area contributed by atoms with Gasteiger partial charge in [0.2, 0.25) is 0 Å². The molecule has 0 fully saturated rings. The predicted octanol–water partition coefficient (Wildman–Crippen LogP) is 4.17. The smallest absolute Gasteiger partial charge is 0.161 e. The summed E-state index contributed by atoms with van der Waals surface area (Å²) in [4.78, 5) is 13.4. The quantitative estimate of drug-likeness (QED) is 0.560. The summed E-state index contributed by atoms with van der Waals surface area (Å²) in [5, 5.41) is 0.539. The second-order valence-corrected chi connectivity index (χ2v) is 4.76. The number of ketones is 1. The van der Waals surface area contributed by atoms with Crippen LogP contribution in [0.25, 0.3) is 0 Å². The second-order valence-electron chi connectivity index (χ2n) is 4.35. The van der Waals surface area contributed by atoms with Gasteiger partial charge in [0, 0.05) is 24.8 Å². The lowest BCUT2D eigenvalue weighted by Gasteiger charge is -2.19. The van der Waals surface area contributed by atoms with Gasteiger partial charge >= 0.3 is 0 Å². The van der Waals surface area contributed by atoms with Crippen LogP contribution in [-0.2, 0) is 0 Å². The number of hydrogen-bond acceptors (Lipinski definition) is 2. The Morgan fingerprint density at radius 1 is 1.35 bits per heavy atom. The lowest BCUT2D eigenvalue weighted by atomic mass is 10.1. The second kappa shape index (κ2) is 6.65. The lowest BCUT2D eigenvalue weighted by Crippen LogP contribution is -2.18. The number of rotatable bonds is 6. The first-order valence-electron chi connectivity index (χ1n) is 6.08. The van der Waals surface area contributed by atoms with E-state index < -0.39 is 0 Å². The molecule has 0 unspecified atom stereocenters. The molecule has 0 spiro atoms. The van der Waals surface area contributed by atoms with E-state index in [0.29, 0.717) is 10.6 Å². The maximum Gasteiger partial charge on any atom is 0.161 e. The highest BCUT2D eigenvalue weighted by Gasteiger charge is 2.08. The summed E-state index contributed by atoms with van der Waals surface area (Å²) in [6.07, 6.45) is 3.64. The number of nitrogens with zero attached hydrogens (tertiary/aromatic N) is 1. The molecular formula is C14H20ClNO. The first-order chi connectivity index (χ1) is 8.06. The minimum Gasteiger partial charge on any atom is -0.375 e. The number of anilines is 1. The molecule has 0 aliphatic carbocycles. The molecule has 0 N–H and O–H groups in total. The van der Waals surface area contributed by atoms with Gasteiger partial charge in [-0.3, -0.25) is 4.79 Å². The Hall–Kier alpha value is -1.02. The molecule has 3 heteroatoms. The average Bonchev–Trinajstić information content (AvgIpc) is 2.28. The van der Waals surface area contributed by atoms with E-state index in [4.69, 9.17) is 11.6 Å². The zero-order valence-corrected chi connectivity index (χ0v) is 11.5. The fourth-order valence-corrected chi connectivity index (χ4v) is 2.06. The highest BCUT2D eigenvalue weighted by Crippen LogP contribution is 2.23. The van der Waals surface area contributed by atoms with Crippen molar-refractivity contribution in [1.82, 2.24) is 0 Å². The van der Waals surface area contributed by atoms with Crippen LogP contribution in [0.1, 0.15) is 43.5 Å². The molecule has 0 aliphatic rings. The summed E-state index contributed by atoms with van der Waals surface area (Å²) in [6.45, 7) is 4.74. The molecule has 0 aromatic heterocycles. The molecule has 1 aromatic carbocycles. The minimum atomic E-state index is 0.00943. The van der Waals surface area contributed by atoms with E-state index in [2.05, 4.69) is 18.9 Å². The Kier molecular flexibility index (Phi) is 5.49. The van der Waals surface area contributed by atoms with Gasteiger partial charge in [0.1, 0.15) is 0 Å². The molecule has 1 rings (SSSR count). The van der Waals surface area contributed by atoms with Crippen molar-refractivity contribution in [2.24, 2.45) is 0 Å². The number of halogens is 1. The number of benzene rings is 1. The van der Waals surface area contributed by atoms with Gasteiger partial charge in [-0.05, 0) is 31.5 Å². The summed E-state index contributed by atoms with van der Waals surface area (Å²) >= 11 is 6.08. The summed E-state index contributed by atoms with van der Waals surface area (Å²) in [5.41, 5.74) is 1.66. The Labute approximate surface area is 109 Å². The van der Waals surface area contributed by atoms with E-state index >= 15 is 0 Å². The van der Waals surface area contributed by atoms with Crippen LogP contribution in [-0.4, -0.2) is 19.4 Å². The van der Waals surface area contributed by atoms with E-state index in [1.165, 1.54) is 26.2 Å². The van der Waals surface area contributed by atoms with Crippen molar-refractivity contribution in [3.63, 3.8) is 0 Å². The van der Waals surface area contributed by atoms with Crippen molar-refractivity contribution in [2.45, 2.75) is 33.1 Å². The van der Waals surface area contributed by atoms with Crippen LogP contribution in [0.3, 0.4) is 0 Å². The van der Waals surface area contributed by atoms with E-state index in [0.717, 1.165) is 12.2 Å². The van der Waals surface area contributed by atoms with Gasteiger partial charge in [0.15, 0.2) is 5.78 Å². The third-order valence-corrected chi connectivity index (χ3v) is 3.18. The zero-order valence-electron chi connectivity index (χ0n) is 10.8. The van der Waals surface area contributed by atoms with Crippen LogP contribution in [0.2, 0.25) is 5.02 Å². The Morgan fingerprint density at radius 3 is 2.59 bits per heavy atom. The van der Waals surface area contributed by atoms with Crippen molar-refractivity contribution >= 4 is 23.1 Å². The number of Topliss-reactive ketones (excluding diaryl/α,β-unsaturated/α-hetero) is 1. The zero-order chi connectivity index (χ0) is 12.8. The maximum atomic E-state index is 11.3. The van der Waals surface area contributed by atoms with Crippen molar-refractivity contribution in [1.29, 1.82) is 0 Å². The van der Waals surface area contributed by atoms with Crippen molar-refractivity contribution in [3.05, 3.63) is 28.8 Å². The van der Waals surface area contributed by atoms with Crippen LogP contribution in [0.4, 0.5) is 5.69 Å². The highest BCUT2D eigenvalue weighted by molar-refractivity contribution is 6.34. The van der Waals surface area contributed by atoms with Gasteiger partial charge in [0.05, 0.1) is 5.02 Å². The molecule has 0 bridgehead atoms. The fourth-order valence-electron chi connectivity index (χ4n) is 1.76. The molecule has 0 saturated heterocycles. The number of unbranched alkanes of at least 4 members (excludes halogenated alkanes) is 2. The van der Waals surface area contributed by atoms with Crippen LogP contribution in [0.15, 0.2) is 18.2 Å². The fraction of sp³-hybridized carbons (Fsp3) is 0.500. The lowest BCUT2D eigenvalue weighted by molar-refractivity contribution is 0.101. The van der Waals surface area contributed by atoms with Crippen molar-refractivity contribution < 1.29 is 4.79 Å². The Bertz CT molecular complexity index is 390. The average molecular weight is 254 g/mol. The molecule has 2 nitrogen and oxygen atoms in total. The van der Waals surface area contributed by atoms with Crippen molar-refractivity contribution in [3.8, 4) is 0 Å². The molecule has 0 heterocycles. The van der Waals surface area contributed by atoms with Gasteiger partial charge in [-0.15, -0.1) is 0 Å². The van der Waals surface area contributed by atoms with Gasteiger partial charge in [-0.2, -0.15) is 0 Å². The molecule has 0 radical (unpaired) electrons. The number of carbonyl (C=O) groups excluding carboxylic acids is 1. The molecular weight excluding hydrogens is 234 g/mol. The number of hydrogen-bond donors (Lipinski definition) is 0.